The highest BCUT2D eigenvalue weighted by Gasteiger charge is 2.16. The molecule has 0 fully saturated rings. The van der Waals surface area contributed by atoms with E-state index in [1.165, 1.54) is 0 Å². The normalized spacial score (nSPS) is 13.2. The van der Waals surface area contributed by atoms with Crippen LogP contribution in [-0.2, 0) is 7.05 Å². The van der Waals surface area contributed by atoms with E-state index in [0.717, 1.165) is 29.8 Å². The number of imidazole rings is 1. The van der Waals surface area contributed by atoms with Gasteiger partial charge in [-0.1, -0.05) is 13.3 Å². The number of hydrogen-bond donors (Lipinski definition) is 1. The first-order valence-corrected chi connectivity index (χ1v) is 5.75. The van der Waals surface area contributed by atoms with E-state index in [1.54, 1.807) is 6.20 Å². The minimum Gasteiger partial charge on any atom is -0.330 e. The van der Waals surface area contributed by atoms with Crippen LogP contribution in [0.25, 0.3) is 11.2 Å². The lowest BCUT2D eigenvalue weighted by Gasteiger charge is -2.12. The summed E-state index contributed by atoms with van der Waals surface area (Å²) in [6.07, 6.45) is 4.00. The van der Waals surface area contributed by atoms with Crippen molar-refractivity contribution in [2.24, 2.45) is 12.8 Å². The van der Waals surface area contributed by atoms with Gasteiger partial charge in [0.1, 0.15) is 11.3 Å². The molecule has 2 rings (SSSR count). The van der Waals surface area contributed by atoms with E-state index in [-0.39, 0.29) is 0 Å². The van der Waals surface area contributed by atoms with Gasteiger partial charge in [0, 0.05) is 25.7 Å². The highest BCUT2D eigenvalue weighted by atomic mass is 15.1. The SMILES string of the molecule is CCCC(CN)c1nc2cccnc2n1C. The zero-order valence-electron chi connectivity index (χ0n) is 9.85. The van der Waals surface area contributed by atoms with Gasteiger partial charge in [0.15, 0.2) is 5.65 Å². The van der Waals surface area contributed by atoms with Crippen LogP contribution in [0.4, 0.5) is 0 Å². The lowest BCUT2D eigenvalue weighted by molar-refractivity contribution is 0.571. The van der Waals surface area contributed by atoms with Gasteiger partial charge in [0.2, 0.25) is 0 Å². The van der Waals surface area contributed by atoms with Gasteiger partial charge in [-0.15, -0.1) is 0 Å². The number of fused-ring (bicyclic) bond motifs is 1. The average molecular weight is 218 g/mol. The maximum absolute atomic E-state index is 5.81. The molecule has 0 spiro atoms. The molecule has 2 N–H and O–H groups in total. The maximum Gasteiger partial charge on any atom is 0.159 e. The summed E-state index contributed by atoms with van der Waals surface area (Å²) in [5, 5.41) is 0. The van der Waals surface area contributed by atoms with Crippen LogP contribution < -0.4 is 5.73 Å². The van der Waals surface area contributed by atoms with Crippen molar-refractivity contribution in [3.05, 3.63) is 24.2 Å². The summed E-state index contributed by atoms with van der Waals surface area (Å²) < 4.78 is 2.06. The van der Waals surface area contributed by atoms with E-state index in [0.29, 0.717) is 12.5 Å². The molecule has 0 aromatic carbocycles. The summed E-state index contributed by atoms with van der Waals surface area (Å²) in [5.41, 5.74) is 7.70. The predicted molar refractivity (Wildman–Crippen MR) is 65.2 cm³/mol. The lowest BCUT2D eigenvalue weighted by Crippen LogP contribution is -2.16. The van der Waals surface area contributed by atoms with E-state index in [4.69, 9.17) is 5.73 Å². The maximum atomic E-state index is 5.81. The summed E-state index contributed by atoms with van der Waals surface area (Å²) in [6.45, 7) is 2.81. The van der Waals surface area contributed by atoms with E-state index >= 15 is 0 Å². The Kier molecular flexibility index (Phi) is 3.19. The number of pyridine rings is 1. The fraction of sp³-hybridized carbons (Fsp3) is 0.500. The summed E-state index contributed by atoms with van der Waals surface area (Å²) in [4.78, 5) is 8.96. The Morgan fingerprint density at radius 3 is 2.94 bits per heavy atom. The summed E-state index contributed by atoms with van der Waals surface area (Å²) in [7, 11) is 2.01. The minimum absolute atomic E-state index is 0.337. The standard InChI is InChI=1S/C12H18N4/c1-3-5-9(8-13)11-15-10-6-4-7-14-12(10)16(11)2/h4,6-7,9H,3,5,8,13H2,1-2H3. The van der Waals surface area contributed by atoms with Crippen LogP contribution in [0.15, 0.2) is 18.3 Å². The number of aryl methyl sites for hydroxylation is 1. The van der Waals surface area contributed by atoms with Crippen molar-refractivity contribution in [2.75, 3.05) is 6.54 Å². The first-order valence-electron chi connectivity index (χ1n) is 5.75. The van der Waals surface area contributed by atoms with Crippen molar-refractivity contribution >= 4 is 11.2 Å². The second kappa shape index (κ2) is 4.61. The molecular weight excluding hydrogens is 200 g/mol. The molecule has 0 bridgehead atoms. The number of rotatable bonds is 4. The summed E-state index contributed by atoms with van der Waals surface area (Å²) >= 11 is 0. The fourth-order valence-electron chi connectivity index (χ4n) is 2.11. The Morgan fingerprint density at radius 1 is 1.50 bits per heavy atom. The van der Waals surface area contributed by atoms with Crippen molar-refractivity contribution in [1.29, 1.82) is 0 Å². The molecular formula is C12H18N4. The monoisotopic (exact) mass is 218 g/mol. The Bertz CT molecular complexity index is 475. The van der Waals surface area contributed by atoms with Gasteiger partial charge < -0.3 is 10.3 Å². The van der Waals surface area contributed by atoms with Gasteiger partial charge >= 0.3 is 0 Å². The van der Waals surface area contributed by atoms with Gasteiger partial charge in [0.05, 0.1) is 0 Å². The fourth-order valence-corrected chi connectivity index (χ4v) is 2.11. The second-order valence-electron chi connectivity index (χ2n) is 4.10. The van der Waals surface area contributed by atoms with Crippen LogP contribution >= 0.6 is 0 Å². The molecule has 0 aliphatic carbocycles. The van der Waals surface area contributed by atoms with Crippen molar-refractivity contribution in [1.82, 2.24) is 14.5 Å². The molecule has 0 aliphatic heterocycles. The third kappa shape index (κ3) is 1.80. The van der Waals surface area contributed by atoms with Crippen molar-refractivity contribution in [2.45, 2.75) is 25.7 Å². The van der Waals surface area contributed by atoms with Crippen molar-refractivity contribution in [3.63, 3.8) is 0 Å². The first-order chi connectivity index (χ1) is 7.77. The van der Waals surface area contributed by atoms with E-state index in [2.05, 4.69) is 21.5 Å². The molecule has 0 aliphatic rings. The van der Waals surface area contributed by atoms with Gasteiger partial charge in [-0.2, -0.15) is 0 Å². The number of hydrogen-bond acceptors (Lipinski definition) is 3. The molecule has 0 radical (unpaired) electrons. The largest absolute Gasteiger partial charge is 0.330 e. The molecule has 4 nitrogen and oxygen atoms in total. The molecule has 1 atom stereocenters. The third-order valence-electron chi connectivity index (χ3n) is 2.95. The molecule has 0 amide bonds. The topological polar surface area (TPSA) is 56.7 Å². The van der Waals surface area contributed by atoms with Crippen molar-refractivity contribution < 1.29 is 0 Å². The molecule has 0 saturated heterocycles. The molecule has 86 valence electrons. The van der Waals surface area contributed by atoms with Crippen LogP contribution in [0.5, 0.6) is 0 Å². The minimum atomic E-state index is 0.337. The summed E-state index contributed by atoms with van der Waals surface area (Å²) in [5.74, 6) is 1.39. The predicted octanol–water partition coefficient (Wildman–Crippen LogP) is 1.81. The van der Waals surface area contributed by atoms with E-state index in [1.807, 2.05) is 19.2 Å². The number of nitrogens with two attached hydrogens (primary N) is 1. The number of nitrogens with zero attached hydrogens (tertiary/aromatic N) is 3. The van der Waals surface area contributed by atoms with Gasteiger partial charge in [-0.25, -0.2) is 9.97 Å². The Balaban J connectivity index is 2.47. The lowest BCUT2D eigenvalue weighted by atomic mass is 10.0. The Labute approximate surface area is 95.5 Å². The molecule has 2 aromatic rings. The molecule has 1 unspecified atom stereocenters. The quantitative estimate of drug-likeness (QED) is 0.851. The second-order valence-corrected chi connectivity index (χ2v) is 4.10. The van der Waals surface area contributed by atoms with Crippen LogP contribution in [0, 0.1) is 0 Å². The highest BCUT2D eigenvalue weighted by molar-refractivity contribution is 5.71. The van der Waals surface area contributed by atoms with Gasteiger partial charge in [-0.3, -0.25) is 0 Å². The molecule has 4 heteroatoms. The van der Waals surface area contributed by atoms with Gasteiger partial charge in [0.25, 0.3) is 0 Å². The third-order valence-corrected chi connectivity index (χ3v) is 2.95. The zero-order chi connectivity index (χ0) is 11.5. The highest BCUT2D eigenvalue weighted by Crippen LogP contribution is 2.22. The first kappa shape index (κ1) is 11.1. The average Bonchev–Trinajstić information content (AvgIpc) is 2.64. The van der Waals surface area contributed by atoms with Gasteiger partial charge in [-0.05, 0) is 18.6 Å². The van der Waals surface area contributed by atoms with Crippen LogP contribution in [-0.4, -0.2) is 21.1 Å². The van der Waals surface area contributed by atoms with E-state index in [9.17, 15) is 0 Å². The van der Waals surface area contributed by atoms with Crippen molar-refractivity contribution in [3.8, 4) is 0 Å². The Hall–Kier alpha value is -1.42. The molecule has 16 heavy (non-hydrogen) atoms. The zero-order valence-corrected chi connectivity index (χ0v) is 9.85. The smallest absolute Gasteiger partial charge is 0.159 e. The van der Waals surface area contributed by atoms with Crippen LogP contribution in [0.3, 0.4) is 0 Å². The molecule has 2 aromatic heterocycles. The van der Waals surface area contributed by atoms with Crippen LogP contribution in [0.1, 0.15) is 31.5 Å². The van der Waals surface area contributed by atoms with E-state index < -0.39 is 0 Å². The summed E-state index contributed by atoms with van der Waals surface area (Å²) in [6, 6.07) is 3.90. The molecule has 2 heterocycles. The van der Waals surface area contributed by atoms with Crippen LogP contribution in [0.2, 0.25) is 0 Å². The molecule has 0 saturated carbocycles. The Morgan fingerprint density at radius 2 is 2.31 bits per heavy atom. The number of aromatic nitrogens is 3.